The smallest absolute Gasteiger partial charge is 0.262 e. The van der Waals surface area contributed by atoms with E-state index in [-0.39, 0.29) is 11.6 Å². The van der Waals surface area contributed by atoms with Crippen LogP contribution in [0.25, 0.3) is 27.6 Å². The first-order valence-electron chi connectivity index (χ1n) is 12.5. The molecule has 1 N–H and O–H groups in total. The van der Waals surface area contributed by atoms with Crippen LogP contribution in [0, 0.1) is 12.7 Å². The third kappa shape index (κ3) is 4.12. The fraction of sp³-hybridized carbons (Fsp3) is 0.250. The van der Waals surface area contributed by atoms with E-state index in [1.807, 2.05) is 31.2 Å². The molecule has 1 atom stereocenters. The maximum atomic E-state index is 15.7. The van der Waals surface area contributed by atoms with Crippen molar-refractivity contribution in [3.8, 4) is 11.6 Å². The number of rotatable bonds is 5. The van der Waals surface area contributed by atoms with Crippen LogP contribution in [0.2, 0.25) is 0 Å². The highest BCUT2D eigenvalue weighted by Crippen LogP contribution is 2.32. The minimum atomic E-state index is -0.662. The molecule has 0 radical (unpaired) electrons. The number of benzene rings is 2. The number of aryl methyl sites for hydroxylation is 1. The van der Waals surface area contributed by atoms with Crippen LogP contribution in [0.5, 0.6) is 5.88 Å². The lowest BCUT2D eigenvalue weighted by atomic mass is 10.0. The number of piperidine rings is 1. The number of hydrogen-bond acceptors (Lipinski definition) is 7. The number of nitrogens with one attached hydrogen (secondary N) is 1. The molecule has 0 saturated carbocycles. The Kier molecular flexibility index (Phi) is 6.16. The van der Waals surface area contributed by atoms with Gasteiger partial charge < -0.3 is 10.1 Å². The summed E-state index contributed by atoms with van der Waals surface area (Å²) in [6, 6.07) is 15.6. The van der Waals surface area contributed by atoms with Crippen LogP contribution in [0.1, 0.15) is 28.8 Å². The maximum Gasteiger partial charge on any atom is 0.262 e. The maximum absolute atomic E-state index is 15.7. The van der Waals surface area contributed by atoms with E-state index in [0.29, 0.717) is 35.1 Å². The number of halogens is 1. The molecular weight excluding hydrogens is 485 g/mol. The van der Waals surface area contributed by atoms with Gasteiger partial charge in [-0.3, -0.25) is 9.69 Å². The fourth-order valence-corrected chi connectivity index (χ4v) is 5.08. The van der Waals surface area contributed by atoms with Gasteiger partial charge in [-0.1, -0.05) is 23.4 Å². The number of methoxy groups -OCH3 is 1. The summed E-state index contributed by atoms with van der Waals surface area (Å²) < 4.78 is 22.3. The Bertz CT molecular complexity index is 1660. The standard InChI is InChI=1S/C28H26FN7O2/c1-17-5-3-6-18-12-14-31-27(25(17)18)35(20-7-4-13-30-16-20)28(37)21-9-8-19(15-22(21)29)36-26-23(33-34-36)10-11-24(32-26)38-2/h3,5-6,8-12,14-15,20,30H,4,7,13,16H2,1-2H3/t20-/m1/s1. The molecule has 0 unspecified atom stereocenters. The predicted molar refractivity (Wildman–Crippen MR) is 142 cm³/mol. The van der Waals surface area contributed by atoms with Gasteiger partial charge >= 0.3 is 0 Å². The van der Waals surface area contributed by atoms with E-state index in [1.165, 1.54) is 23.9 Å². The van der Waals surface area contributed by atoms with Gasteiger partial charge in [0.1, 0.15) is 17.2 Å². The first kappa shape index (κ1) is 23.9. The number of aromatic nitrogens is 5. The molecule has 5 aromatic rings. The van der Waals surface area contributed by atoms with E-state index in [1.54, 1.807) is 29.3 Å². The zero-order valence-electron chi connectivity index (χ0n) is 21.1. The van der Waals surface area contributed by atoms with Gasteiger partial charge in [-0.15, -0.1) is 5.10 Å². The summed E-state index contributed by atoms with van der Waals surface area (Å²) in [5.74, 6) is -0.164. The molecule has 0 aliphatic carbocycles. The van der Waals surface area contributed by atoms with Crippen molar-refractivity contribution in [3.05, 3.63) is 77.7 Å². The van der Waals surface area contributed by atoms with Gasteiger partial charge in [-0.05, 0) is 61.5 Å². The van der Waals surface area contributed by atoms with E-state index in [4.69, 9.17) is 4.74 Å². The van der Waals surface area contributed by atoms with Crippen LogP contribution >= 0.6 is 0 Å². The lowest BCUT2D eigenvalue weighted by Gasteiger charge is -2.35. The average Bonchev–Trinajstić information content (AvgIpc) is 3.37. The molecule has 10 heteroatoms. The van der Waals surface area contributed by atoms with Crippen molar-refractivity contribution in [1.82, 2.24) is 30.3 Å². The summed E-state index contributed by atoms with van der Waals surface area (Å²) in [6.45, 7) is 3.48. The molecule has 2 aromatic carbocycles. The van der Waals surface area contributed by atoms with Crippen LogP contribution in [-0.2, 0) is 0 Å². The largest absolute Gasteiger partial charge is 0.481 e. The normalized spacial score (nSPS) is 15.6. The second kappa shape index (κ2) is 9.79. The predicted octanol–water partition coefficient (Wildman–Crippen LogP) is 4.22. The number of carbonyl (C=O) groups excluding carboxylic acids is 1. The Morgan fingerprint density at radius 2 is 2.08 bits per heavy atom. The number of fused-ring (bicyclic) bond motifs is 2. The Morgan fingerprint density at radius 3 is 2.87 bits per heavy atom. The van der Waals surface area contributed by atoms with Gasteiger partial charge in [0.25, 0.3) is 5.91 Å². The average molecular weight is 512 g/mol. The number of amides is 1. The van der Waals surface area contributed by atoms with Crippen LogP contribution in [-0.4, -0.2) is 57.1 Å². The number of ether oxygens (including phenoxy) is 1. The van der Waals surface area contributed by atoms with E-state index in [0.717, 1.165) is 35.7 Å². The lowest BCUT2D eigenvalue weighted by molar-refractivity contribution is 0.0968. The van der Waals surface area contributed by atoms with Gasteiger partial charge in [0.15, 0.2) is 5.65 Å². The summed E-state index contributed by atoms with van der Waals surface area (Å²) in [5.41, 5.74) is 2.32. The zero-order valence-corrected chi connectivity index (χ0v) is 21.1. The summed E-state index contributed by atoms with van der Waals surface area (Å²) in [4.78, 5) is 24.8. The van der Waals surface area contributed by atoms with Crippen molar-refractivity contribution < 1.29 is 13.9 Å². The Morgan fingerprint density at radius 1 is 1.18 bits per heavy atom. The van der Waals surface area contributed by atoms with Crippen LogP contribution in [0.3, 0.4) is 0 Å². The summed E-state index contributed by atoms with van der Waals surface area (Å²) in [5, 5.41) is 13.5. The molecule has 4 heterocycles. The third-order valence-electron chi connectivity index (χ3n) is 6.97. The molecular formula is C28H26FN7O2. The molecule has 1 aliphatic rings. The van der Waals surface area contributed by atoms with Crippen molar-refractivity contribution in [2.24, 2.45) is 0 Å². The number of anilines is 1. The van der Waals surface area contributed by atoms with Gasteiger partial charge in [-0.25, -0.2) is 9.37 Å². The second-order valence-corrected chi connectivity index (χ2v) is 9.34. The fourth-order valence-electron chi connectivity index (χ4n) is 5.08. The Labute approximate surface area is 218 Å². The van der Waals surface area contributed by atoms with E-state index < -0.39 is 11.7 Å². The number of hydrogen-bond donors (Lipinski definition) is 1. The van der Waals surface area contributed by atoms with E-state index in [9.17, 15) is 4.79 Å². The van der Waals surface area contributed by atoms with Gasteiger partial charge in [0.2, 0.25) is 5.88 Å². The SMILES string of the molecule is COc1ccc2nnn(-c3ccc(C(=O)N(c4nccc5cccc(C)c45)[C@@H]4CCCNC4)c(F)c3)c2n1. The molecule has 1 fully saturated rings. The molecule has 192 valence electrons. The topological polar surface area (TPSA) is 98.1 Å². The summed E-state index contributed by atoms with van der Waals surface area (Å²) in [6.07, 6.45) is 3.40. The Balaban J connectivity index is 1.43. The summed E-state index contributed by atoms with van der Waals surface area (Å²) >= 11 is 0. The molecule has 1 saturated heterocycles. The molecule has 0 spiro atoms. The number of pyridine rings is 2. The highest BCUT2D eigenvalue weighted by molar-refractivity contribution is 6.11. The van der Waals surface area contributed by atoms with Crippen molar-refractivity contribution in [2.75, 3.05) is 25.1 Å². The van der Waals surface area contributed by atoms with E-state index >= 15 is 4.39 Å². The molecule has 3 aromatic heterocycles. The van der Waals surface area contributed by atoms with Crippen molar-refractivity contribution in [2.45, 2.75) is 25.8 Å². The highest BCUT2D eigenvalue weighted by atomic mass is 19.1. The quantitative estimate of drug-likeness (QED) is 0.377. The molecule has 1 amide bonds. The third-order valence-corrected chi connectivity index (χ3v) is 6.97. The zero-order chi connectivity index (χ0) is 26.2. The minimum absolute atomic E-state index is 0.0401. The van der Waals surface area contributed by atoms with Crippen molar-refractivity contribution in [3.63, 3.8) is 0 Å². The molecule has 38 heavy (non-hydrogen) atoms. The number of carbonyl (C=O) groups is 1. The van der Waals surface area contributed by atoms with Crippen LogP contribution in [0.15, 0.2) is 60.8 Å². The van der Waals surface area contributed by atoms with E-state index in [2.05, 4.69) is 25.6 Å². The van der Waals surface area contributed by atoms with Gasteiger partial charge in [0, 0.05) is 30.3 Å². The number of nitrogens with zero attached hydrogens (tertiary/aromatic N) is 6. The summed E-state index contributed by atoms with van der Waals surface area (Å²) in [7, 11) is 1.52. The molecule has 9 nitrogen and oxygen atoms in total. The first-order valence-corrected chi connectivity index (χ1v) is 12.5. The van der Waals surface area contributed by atoms with Crippen LogP contribution < -0.4 is 15.0 Å². The first-order chi connectivity index (χ1) is 18.5. The molecule has 0 bridgehead atoms. The lowest BCUT2D eigenvalue weighted by Crippen LogP contribution is -2.49. The van der Waals surface area contributed by atoms with Crippen molar-refractivity contribution >= 4 is 33.7 Å². The van der Waals surface area contributed by atoms with Gasteiger partial charge in [-0.2, -0.15) is 9.67 Å². The minimum Gasteiger partial charge on any atom is -0.481 e. The molecule has 1 aliphatic heterocycles. The van der Waals surface area contributed by atoms with Crippen LogP contribution in [0.4, 0.5) is 10.2 Å². The van der Waals surface area contributed by atoms with Gasteiger partial charge in [0.05, 0.1) is 24.4 Å². The monoisotopic (exact) mass is 511 g/mol. The second-order valence-electron chi connectivity index (χ2n) is 9.34. The highest BCUT2D eigenvalue weighted by Gasteiger charge is 2.32. The Hall–Kier alpha value is -4.44. The molecule has 6 rings (SSSR count). The van der Waals surface area contributed by atoms with Crippen molar-refractivity contribution in [1.29, 1.82) is 0 Å².